The van der Waals surface area contributed by atoms with Crippen LogP contribution >= 0.6 is 0 Å². The molecule has 9 nitrogen and oxygen atoms in total. The number of hydrogen-bond acceptors (Lipinski definition) is 5. The first kappa shape index (κ1) is 19.1. The van der Waals surface area contributed by atoms with Gasteiger partial charge in [-0.3, -0.25) is 20.2 Å². The van der Waals surface area contributed by atoms with Crippen molar-refractivity contribution in [3.63, 3.8) is 0 Å². The summed E-state index contributed by atoms with van der Waals surface area (Å²) in [6.07, 6.45) is 3.13. The number of imidazole rings is 1. The number of carbonyl (C=O) groups is 2. The van der Waals surface area contributed by atoms with E-state index in [0.29, 0.717) is 11.3 Å². The van der Waals surface area contributed by atoms with E-state index in [2.05, 4.69) is 25.7 Å². The van der Waals surface area contributed by atoms with Gasteiger partial charge in [0, 0.05) is 18.8 Å². The summed E-state index contributed by atoms with van der Waals surface area (Å²) in [5.41, 5.74) is 2.28. The molecule has 0 saturated carbocycles. The monoisotopic (exact) mass is 401 g/mol. The smallest absolute Gasteiger partial charge is 0.278 e. The molecule has 0 radical (unpaired) electrons. The highest BCUT2D eigenvalue weighted by atomic mass is 16.2. The number of carbonyl (C=O) groups excluding carboxylic acids is 2. The number of anilines is 2. The van der Waals surface area contributed by atoms with Gasteiger partial charge in [-0.25, -0.2) is 4.98 Å². The number of para-hydroxylation sites is 1. The van der Waals surface area contributed by atoms with Gasteiger partial charge in [0.15, 0.2) is 0 Å². The van der Waals surface area contributed by atoms with Crippen molar-refractivity contribution >= 4 is 23.7 Å². The fraction of sp³-hybridized carbons (Fsp3) is 0.0952. The van der Waals surface area contributed by atoms with Crippen LogP contribution in [0.3, 0.4) is 0 Å². The summed E-state index contributed by atoms with van der Waals surface area (Å²) in [4.78, 5) is 33.5. The predicted octanol–water partition coefficient (Wildman–Crippen LogP) is 2.81. The SMILES string of the molecule is Cc1ccccc1C(=O)Nc1nc(NC(=O)c2cn(C)cn2)n(-c2ccccc2)n1. The summed E-state index contributed by atoms with van der Waals surface area (Å²) in [5, 5.41) is 9.76. The summed E-state index contributed by atoms with van der Waals surface area (Å²) >= 11 is 0. The molecule has 0 aliphatic heterocycles. The number of nitrogens with one attached hydrogen (secondary N) is 2. The van der Waals surface area contributed by atoms with Crippen molar-refractivity contribution in [1.82, 2.24) is 24.3 Å². The highest BCUT2D eigenvalue weighted by Crippen LogP contribution is 2.18. The molecule has 9 heteroatoms. The van der Waals surface area contributed by atoms with Crippen molar-refractivity contribution in [2.24, 2.45) is 7.05 Å². The Labute approximate surface area is 172 Å². The zero-order chi connectivity index (χ0) is 21.1. The lowest BCUT2D eigenvalue weighted by Gasteiger charge is -2.05. The average molecular weight is 401 g/mol. The Balaban J connectivity index is 1.65. The third-order valence-corrected chi connectivity index (χ3v) is 4.39. The predicted molar refractivity (Wildman–Crippen MR) is 112 cm³/mol. The summed E-state index contributed by atoms with van der Waals surface area (Å²) in [6.45, 7) is 1.85. The van der Waals surface area contributed by atoms with Gasteiger partial charge in [0.25, 0.3) is 17.8 Å². The molecule has 0 aliphatic rings. The minimum absolute atomic E-state index is 0.0726. The minimum atomic E-state index is -0.433. The first-order valence-corrected chi connectivity index (χ1v) is 9.20. The first-order valence-electron chi connectivity index (χ1n) is 9.20. The molecule has 0 unspecified atom stereocenters. The molecule has 0 spiro atoms. The van der Waals surface area contributed by atoms with Crippen molar-refractivity contribution in [2.75, 3.05) is 10.6 Å². The number of benzene rings is 2. The van der Waals surface area contributed by atoms with Gasteiger partial charge < -0.3 is 4.57 Å². The highest BCUT2D eigenvalue weighted by Gasteiger charge is 2.19. The lowest BCUT2D eigenvalue weighted by molar-refractivity contribution is 0.101. The van der Waals surface area contributed by atoms with E-state index in [0.717, 1.165) is 5.56 Å². The molecule has 150 valence electrons. The van der Waals surface area contributed by atoms with Crippen LogP contribution in [0, 0.1) is 6.92 Å². The van der Waals surface area contributed by atoms with Gasteiger partial charge in [-0.05, 0) is 30.7 Å². The molecule has 2 amide bonds. The molecule has 0 atom stereocenters. The van der Waals surface area contributed by atoms with Crippen molar-refractivity contribution in [1.29, 1.82) is 0 Å². The zero-order valence-corrected chi connectivity index (χ0v) is 16.4. The van der Waals surface area contributed by atoms with E-state index in [1.54, 1.807) is 29.9 Å². The van der Waals surface area contributed by atoms with Crippen LogP contribution in [0.5, 0.6) is 0 Å². The minimum Gasteiger partial charge on any atom is -0.340 e. The van der Waals surface area contributed by atoms with Crippen LogP contribution < -0.4 is 10.6 Å². The number of rotatable bonds is 5. The van der Waals surface area contributed by atoms with Crippen LogP contribution in [0.1, 0.15) is 26.4 Å². The van der Waals surface area contributed by atoms with Crippen LogP contribution in [0.15, 0.2) is 67.1 Å². The Hall–Kier alpha value is -4.27. The number of nitrogens with zero attached hydrogens (tertiary/aromatic N) is 5. The quantitative estimate of drug-likeness (QED) is 0.535. The van der Waals surface area contributed by atoms with Gasteiger partial charge in [0.1, 0.15) is 5.69 Å². The molecule has 2 aromatic carbocycles. The number of hydrogen-bond donors (Lipinski definition) is 2. The van der Waals surface area contributed by atoms with Gasteiger partial charge in [0.2, 0.25) is 5.95 Å². The summed E-state index contributed by atoms with van der Waals surface area (Å²) < 4.78 is 3.12. The summed E-state index contributed by atoms with van der Waals surface area (Å²) in [6, 6.07) is 16.4. The Bertz CT molecular complexity index is 1210. The second kappa shape index (κ2) is 8.00. The molecule has 0 aliphatic carbocycles. The number of aromatic nitrogens is 5. The van der Waals surface area contributed by atoms with Crippen molar-refractivity contribution in [3.05, 3.63) is 83.9 Å². The highest BCUT2D eigenvalue weighted by molar-refractivity contribution is 6.05. The molecule has 4 aromatic rings. The Kier molecular flexibility index (Phi) is 5.08. The van der Waals surface area contributed by atoms with Crippen LogP contribution in [0.4, 0.5) is 11.9 Å². The maximum atomic E-state index is 12.6. The standard InChI is InChI=1S/C21H19N7O2/c1-14-8-6-7-11-16(14)18(29)23-20-25-21(24-19(30)17-12-27(2)13-22-17)28(26-20)15-9-4-3-5-10-15/h3-13H,1-2H3,(H2,23,24,25,26,29,30). The molecule has 2 aromatic heterocycles. The van der Waals surface area contributed by atoms with E-state index in [9.17, 15) is 9.59 Å². The molecule has 0 bridgehead atoms. The van der Waals surface area contributed by atoms with Crippen molar-refractivity contribution < 1.29 is 9.59 Å². The van der Waals surface area contributed by atoms with Gasteiger partial charge >= 0.3 is 0 Å². The fourth-order valence-electron chi connectivity index (χ4n) is 2.89. The fourth-order valence-corrected chi connectivity index (χ4v) is 2.89. The normalized spacial score (nSPS) is 10.6. The summed E-state index contributed by atoms with van der Waals surface area (Å²) in [7, 11) is 1.77. The van der Waals surface area contributed by atoms with E-state index < -0.39 is 5.91 Å². The van der Waals surface area contributed by atoms with Crippen LogP contribution in [-0.4, -0.2) is 36.1 Å². The molecule has 30 heavy (non-hydrogen) atoms. The lowest BCUT2D eigenvalue weighted by atomic mass is 10.1. The zero-order valence-electron chi connectivity index (χ0n) is 16.4. The lowest BCUT2D eigenvalue weighted by Crippen LogP contribution is -2.16. The van der Waals surface area contributed by atoms with Crippen molar-refractivity contribution in [2.45, 2.75) is 6.92 Å². The topological polar surface area (TPSA) is 107 Å². The molecule has 0 fully saturated rings. The van der Waals surface area contributed by atoms with Gasteiger partial charge in [-0.2, -0.15) is 9.67 Å². The Morgan fingerprint density at radius 1 is 0.933 bits per heavy atom. The van der Waals surface area contributed by atoms with E-state index in [4.69, 9.17) is 0 Å². The van der Waals surface area contributed by atoms with Gasteiger partial charge in [0.05, 0.1) is 12.0 Å². The van der Waals surface area contributed by atoms with Gasteiger partial charge in [-0.1, -0.05) is 36.4 Å². The van der Waals surface area contributed by atoms with E-state index >= 15 is 0 Å². The second-order valence-electron chi connectivity index (χ2n) is 6.65. The molecular formula is C21H19N7O2. The Morgan fingerprint density at radius 3 is 2.37 bits per heavy atom. The largest absolute Gasteiger partial charge is 0.340 e. The summed E-state index contributed by atoms with van der Waals surface area (Å²) in [5.74, 6) is -0.529. The maximum absolute atomic E-state index is 12.6. The molecule has 2 N–H and O–H groups in total. The van der Waals surface area contributed by atoms with E-state index in [1.807, 2.05) is 49.4 Å². The second-order valence-corrected chi connectivity index (χ2v) is 6.65. The molecule has 0 saturated heterocycles. The third-order valence-electron chi connectivity index (χ3n) is 4.39. The van der Waals surface area contributed by atoms with Crippen molar-refractivity contribution in [3.8, 4) is 5.69 Å². The number of amides is 2. The first-order chi connectivity index (χ1) is 14.5. The van der Waals surface area contributed by atoms with Crippen LogP contribution in [0.2, 0.25) is 0 Å². The average Bonchev–Trinajstić information content (AvgIpc) is 3.35. The number of aryl methyl sites for hydroxylation is 2. The van der Waals surface area contributed by atoms with E-state index in [1.165, 1.54) is 11.0 Å². The van der Waals surface area contributed by atoms with E-state index in [-0.39, 0.29) is 23.5 Å². The van der Waals surface area contributed by atoms with Crippen LogP contribution in [0.25, 0.3) is 5.69 Å². The Morgan fingerprint density at radius 2 is 1.67 bits per heavy atom. The molecular weight excluding hydrogens is 382 g/mol. The third kappa shape index (κ3) is 3.95. The van der Waals surface area contributed by atoms with Gasteiger partial charge in [-0.15, -0.1) is 5.10 Å². The van der Waals surface area contributed by atoms with Crippen LogP contribution in [-0.2, 0) is 7.05 Å². The molecule has 2 heterocycles. The molecule has 4 rings (SSSR count). The maximum Gasteiger partial charge on any atom is 0.278 e.